The molecule has 9 heteroatoms. The summed E-state index contributed by atoms with van der Waals surface area (Å²) in [6, 6.07) is 7.50. The van der Waals surface area contributed by atoms with Crippen molar-refractivity contribution in [1.29, 1.82) is 5.26 Å². The molecule has 2 atom stereocenters. The van der Waals surface area contributed by atoms with Gasteiger partial charge in [0.15, 0.2) is 5.96 Å². The summed E-state index contributed by atoms with van der Waals surface area (Å²) < 4.78 is 15.4. The van der Waals surface area contributed by atoms with Crippen LogP contribution in [0.4, 0.5) is 4.39 Å². The van der Waals surface area contributed by atoms with Crippen LogP contribution in [-0.2, 0) is 10.3 Å². The molecule has 0 saturated carbocycles. The second kappa shape index (κ2) is 6.83. The second-order valence-corrected chi connectivity index (χ2v) is 7.84. The summed E-state index contributed by atoms with van der Waals surface area (Å²) >= 11 is 1.43. The Morgan fingerprint density at radius 2 is 2.14 bits per heavy atom. The Labute approximate surface area is 170 Å². The highest BCUT2D eigenvalue weighted by molar-refractivity contribution is 7.10. The fourth-order valence-corrected chi connectivity index (χ4v) is 4.53. The number of guanidine groups is 1. The van der Waals surface area contributed by atoms with E-state index in [4.69, 9.17) is 11.0 Å². The number of benzene rings is 1. The molecule has 2 aromatic heterocycles. The van der Waals surface area contributed by atoms with E-state index in [-0.39, 0.29) is 17.4 Å². The van der Waals surface area contributed by atoms with Crippen LogP contribution in [0, 0.1) is 17.1 Å². The fourth-order valence-electron chi connectivity index (χ4n) is 3.48. The van der Waals surface area contributed by atoms with Crippen molar-refractivity contribution < 1.29 is 9.18 Å². The van der Waals surface area contributed by atoms with Crippen molar-refractivity contribution in [1.82, 2.24) is 14.5 Å². The number of nitrogens with zero attached hydrogens (tertiary/aromatic N) is 5. The van der Waals surface area contributed by atoms with Crippen LogP contribution in [0.1, 0.15) is 23.4 Å². The molecule has 7 nitrogen and oxygen atoms in total. The first-order valence-electron chi connectivity index (χ1n) is 8.74. The molecule has 3 aromatic rings. The molecule has 0 aliphatic carbocycles. The smallest absolute Gasteiger partial charge is 0.255 e. The monoisotopic (exact) mass is 408 g/mol. The number of carbonyl (C=O) groups is 1. The molecule has 3 heterocycles. The van der Waals surface area contributed by atoms with Crippen molar-refractivity contribution in [2.45, 2.75) is 18.5 Å². The topological polar surface area (TPSA) is 100 Å². The van der Waals surface area contributed by atoms with Crippen molar-refractivity contribution in [3.63, 3.8) is 0 Å². The van der Waals surface area contributed by atoms with Gasteiger partial charge in [0.2, 0.25) is 0 Å². The highest BCUT2D eigenvalue weighted by atomic mass is 32.1. The van der Waals surface area contributed by atoms with E-state index in [0.29, 0.717) is 5.56 Å². The van der Waals surface area contributed by atoms with Gasteiger partial charge in [-0.05, 0) is 41.6 Å². The van der Waals surface area contributed by atoms with Gasteiger partial charge in [-0.25, -0.2) is 14.4 Å². The first-order chi connectivity index (χ1) is 13.8. The minimum absolute atomic E-state index is 0.0190. The van der Waals surface area contributed by atoms with Crippen molar-refractivity contribution in [3.8, 4) is 17.2 Å². The molecule has 2 N–H and O–H groups in total. The number of hydrogen-bond donors (Lipinski definition) is 1. The summed E-state index contributed by atoms with van der Waals surface area (Å²) in [6.07, 6.45) is 4.91. The van der Waals surface area contributed by atoms with Gasteiger partial charge in [-0.2, -0.15) is 5.26 Å². The van der Waals surface area contributed by atoms with Gasteiger partial charge in [-0.1, -0.05) is 6.07 Å². The SMILES string of the molecule is CN1C(=O)C(n2ccnc2)[C@@](C)(c2cc(-c3ccc(F)c(C#N)c3)cs2)N=C1N. The van der Waals surface area contributed by atoms with Crippen LogP contribution in [0.15, 0.2) is 53.4 Å². The lowest BCUT2D eigenvalue weighted by Gasteiger charge is -2.40. The van der Waals surface area contributed by atoms with Gasteiger partial charge in [0.25, 0.3) is 5.91 Å². The number of amides is 1. The second-order valence-electron chi connectivity index (χ2n) is 6.93. The Morgan fingerprint density at radius 3 is 2.83 bits per heavy atom. The van der Waals surface area contributed by atoms with Crippen molar-refractivity contribution in [2.75, 3.05) is 7.05 Å². The van der Waals surface area contributed by atoms with E-state index in [2.05, 4.69) is 9.98 Å². The minimum Gasteiger partial charge on any atom is -0.369 e. The van der Waals surface area contributed by atoms with Crippen LogP contribution in [0.5, 0.6) is 0 Å². The number of imidazole rings is 1. The number of hydrogen-bond acceptors (Lipinski definition) is 6. The number of thiophene rings is 1. The van der Waals surface area contributed by atoms with Gasteiger partial charge in [0.1, 0.15) is 23.5 Å². The number of aromatic nitrogens is 2. The van der Waals surface area contributed by atoms with Crippen molar-refractivity contribution in [2.24, 2.45) is 10.7 Å². The molecule has 4 rings (SSSR count). The highest BCUT2D eigenvalue weighted by Gasteiger charge is 2.48. The lowest BCUT2D eigenvalue weighted by molar-refractivity contribution is -0.133. The van der Waals surface area contributed by atoms with Crippen molar-refractivity contribution >= 4 is 23.2 Å². The molecule has 1 aliphatic rings. The summed E-state index contributed by atoms with van der Waals surface area (Å²) in [4.78, 5) is 23.9. The van der Waals surface area contributed by atoms with Gasteiger partial charge in [0, 0.05) is 24.3 Å². The van der Waals surface area contributed by atoms with E-state index in [9.17, 15) is 9.18 Å². The highest BCUT2D eigenvalue weighted by Crippen LogP contribution is 2.44. The number of nitriles is 1. The van der Waals surface area contributed by atoms with Gasteiger partial charge < -0.3 is 10.3 Å². The van der Waals surface area contributed by atoms with Gasteiger partial charge in [0.05, 0.1) is 11.9 Å². The molecule has 0 saturated heterocycles. The van der Waals surface area contributed by atoms with Gasteiger partial charge in [-0.15, -0.1) is 11.3 Å². The summed E-state index contributed by atoms with van der Waals surface area (Å²) in [5, 5.41) is 11.0. The first-order valence-corrected chi connectivity index (χ1v) is 9.62. The zero-order valence-corrected chi connectivity index (χ0v) is 16.5. The van der Waals surface area contributed by atoms with E-state index in [1.54, 1.807) is 36.4 Å². The van der Waals surface area contributed by atoms with Gasteiger partial charge in [-0.3, -0.25) is 9.69 Å². The van der Waals surface area contributed by atoms with Crippen LogP contribution in [-0.4, -0.2) is 33.4 Å². The average Bonchev–Trinajstić information content (AvgIpc) is 3.39. The van der Waals surface area contributed by atoms with E-state index in [0.717, 1.165) is 10.4 Å². The van der Waals surface area contributed by atoms with E-state index >= 15 is 0 Å². The maximum Gasteiger partial charge on any atom is 0.255 e. The maximum atomic E-state index is 13.7. The third kappa shape index (κ3) is 2.98. The van der Waals surface area contributed by atoms with E-state index in [1.165, 1.54) is 28.4 Å². The third-order valence-corrected chi connectivity index (χ3v) is 6.29. The maximum absolute atomic E-state index is 13.7. The summed E-state index contributed by atoms with van der Waals surface area (Å²) in [5.41, 5.74) is 6.58. The first kappa shape index (κ1) is 18.8. The number of carbonyl (C=O) groups excluding carboxylic acids is 1. The molecule has 1 aromatic carbocycles. The summed E-state index contributed by atoms with van der Waals surface area (Å²) in [6.45, 7) is 1.86. The summed E-state index contributed by atoms with van der Waals surface area (Å²) in [5.74, 6) is -0.615. The molecule has 1 amide bonds. The minimum atomic E-state index is -0.949. The number of aliphatic imine (C=N–C) groups is 1. The molecule has 1 aliphatic heterocycles. The number of likely N-dealkylation sites (N-methyl/N-ethyl adjacent to an activating group) is 1. The largest absolute Gasteiger partial charge is 0.369 e. The molecule has 0 bridgehead atoms. The van der Waals surface area contributed by atoms with Crippen LogP contribution >= 0.6 is 11.3 Å². The van der Waals surface area contributed by atoms with Crippen molar-refractivity contribution in [3.05, 3.63) is 64.6 Å². The zero-order valence-electron chi connectivity index (χ0n) is 15.7. The lowest BCUT2D eigenvalue weighted by atomic mass is 9.87. The summed E-state index contributed by atoms with van der Waals surface area (Å²) in [7, 11) is 1.59. The molecule has 146 valence electrons. The Balaban J connectivity index is 1.82. The fraction of sp³-hybridized carbons (Fsp3) is 0.200. The quantitative estimate of drug-likeness (QED) is 0.720. The number of rotatable bonds is 3. The Kier molecular flexibility index (Phi) is 4.43. The third-order valence-electron chi connectivity index (χ3n) is 5.13. The lowest BCUT2D eigenvalue weighted by Crippen LogP contribution is -2.53. The Morgan fingerprint density at radius 1 is 1.34 bits per heavy atom. The normalized spacial score (nSPS) is 21.7. The predicted molar refractivity (Wildman–Crippen MR) is 107 cm³/mol. The Bertz CT molecular complexity index is 1160. The molecular weight excluding hydrogens is 391 g/mol. The van der Waals surface area contributed by atoms with E-state index < -0.39 is 17.4 Å². The molecule has 0 radical (unpaired) electrons. The van der Waals surface area contributed by atoms with Crippen LogP contribution in [0.3, 0.4) is 0 Å². The molecule has 29 heavy (non-hydrogen) atoms. The molecule has 1 unspecified atom stereocenters. The molecule has 0 spiro atoms. The van der Waals surface area contributed by atoms with Crippen LogP contribution in [0.2, 0.25) is 0 Å². The van der Waals surface area contributed by atoms with Crippen LogP contribution < -0.4 is 5.73 Å². The molecular formula is C20H17FN6OS. The molecule has 0 fully saturated rings. The predicted octanol–water partition coefficient (Wildman–Crippen LogP) is 2.87. The average molecular weight is 408 g/mol. The number of halogens is 1. The standard InChI is InChI=1S/C20H17FN6OS/c1-20(17(27-6-5-24-11-27)18(28)26(2)19(23)25-20)16-8-14(10-29-16)12-3-4-15(21)13(7-12)9-22/h3-8,10-11,17H,1-2H3,(H2,23,25)/t17?,20-/m1/s1. The number of nitrogens with two attached hydrogens (primary N) is 1. The Hall–Kier alpha value is -3.51. The van der Waals surface area contributed by atoms with Crippen LogP contribution in [0.25, 0.3) is 11.1 Å². The zero-order chi connectivity index (χ0) is 20.8. The van der Waals surface area contributed by atoms with Gasteiger partial charge >= 0.3 is 0 Å². The van der Waals surface area contributed by atoms with E-state index in [1.807, 2.05) is 24.4 Å².